The van der Waals surface area contributed by atoms with Gasteiger partial charge in [-0.15, -0.1) is 11.3 Å². The molecular formula is C8H9BrO2S. The average molecular weight is 249 g/mol. The van der Waals surface area contributed by atoms with Crippen LogP contribution >= 0.6 is 27.3 Å². The van der Waals surface area contributed by atoms with E-state index in [1.54, 1.807) is 0 Å². The van der Waals surface area contributed by atoms with Gasteiger partial charge in [0.1, 0.15) is 4.88 Å². The lowest BCUT2D eigenvalue weighted by Gasteiger charge is -2.02. The van der Waals surface area contributed by atoms with Crippen LogP contribution in [0.5, 0.6) is 0 Å². The SMILES string of the molecule is COC(=O)c1sccc1C(C)Br. The zero-order chi connectivity index (χ0) is 9.14. The van der Waals surface area contributed by atoms with Crippen LogP contribution in [0.15, 0.2) is 11.4 Å². The van der Waals surface area contributed by atoms with Crippen LogP contribution in [0.4, 0.5) is 0 Å². The fourth-order valence-electron chi connectivity index (χ4n) is 0.891. The molecule has 1 aromatic heterocycles. The van der Waals surface area contributed by atoms with E-state index in [0.717, 1.165) is 5.56 Å². The van der Waals surface area contributed by atoms with E-state index < -0.39 is 0 Å². The van der Waals surface area contributed by atoms with Crippen LogP contribution in [0.2, 0.25) is 0 Å². The van der Waals surface area contributed by atoms with Gasteiger partial charge < -0.3 is 4.74 Å². The van der Waals surface area contributed by atoms with Crippen LogP contribution in [0, 0.1) is 0 Å². The van der Waals surface area contributed by atoms with Crippen molar-refractivity contribution in [1.29, 1.82) is 0 Å². The second kappa shape index (κ2) is 4.05. The van der Waals surface area contributed by atoms with E-state index in [-0.39, 0.29) is 10.8 Å². The summed E-state index contributed by atoms with van der Waals surface area (Å²) in [6, 6.07) is 1.93. The molecule has 0 radical (unpaired) electrons. The second-order valence-electron chi connectivity index (χ2n) is 2.31. The van der Waals surface area contributed by atoms with Crippen molar-refractivity contribution in [3.8, 4) is 0 Å². The summed E-state index contributed by atoms with van der Waals surface area (Å²) in [7, 11) is 1.39. The summed E-state index contributed by atoms with van der Waals surface area (Å²) < 4.78 is 4.64. The zero-order valence-corrected chi connectivity index (χ0v) is 9.24. The number of halogens is 1. The quantitative estimate of drug-likeness (QED) is 0.595. The number of thiophene rings is 1. The van der Waals surface area contributed by atoms with Crippen LogP contribution in [0.25, 0.3) is 0 Å². The molecule has 66 valence electrons. The molecule has 1 aromatic rings. The Balaban J connectivity index is 2.99. The topological polar surface area (TPSA) is 26.3 Å². The third-order valence-electron chi connectivity index (χ3n) is 1.50. The molecule has 0 N–H and O–H groups in total. The summed E-state index contributed by atoms with van der Waals surface area (Å²) in [5, 5.41) is 1.89. The van der Waals surface area contributed by atoms with Crippen molar-refractivity contribution in [3.63, 3.8) is 0 Å². The average Bonchev–Trinajstić information content (AvgIpc) is 2.50. The van der Waals surface area contributed by atoms with Crippen LogP contribution < -0.4 is 0 Å². The van der Waals surface area contributed by atoms with Crippen molar-refractivity contribution in [1.82, 2.24) is 0 Å². The van der Waals surface area contributed by atoms with E-state index >= 15 is 0 Å². The number of hydrogen-bond donors (Lipinski definition) is 0. The molecule has 4 heteroatoms. The van der Waals surface area contributed by atoms with E-state index in [1.165, 1.54) is 18.4 Å². The predicted octanol–water partition coefficient (Wildman–Crippen LogP) is 2.99. The normalized spacial score (nSPS) is 12.6. The number of ether oxygens (including phenoxy) is 1. The van der Waals surface area contributed by atoms with Gasteiger partial charge in [-0.3, -0.25) is 0 Å². The van der Waals surface area contributed by atoms with Crippen molar-refractivity contribution in [3.05, 3.63) is 21.9 Å². The van der Waals surface area contributed by atoms with Gasteiger partial charge in [-0.05, 0) is 23.9 Å². The number of methoxy groups -OCH3 is 1. The smallest absolute Gasteiger partial charge is 0.348 e. The lowest BCUT2D eigenvalue weighted by atomic mass is 10.2. The standard InChI is InChI=1S/C8H9BrO2S/c1-5(9)6-3-4-12-7(6)8(10)11-2/h3-5H,1-2H3. The van der Waals surface area contributed by atoms with Crippen LogP contribution in [0.1, 0.15) is 27.0 Å². The molecule has 0 aliphatic heterocycles. The Labute approximate surface area is 83.7 Å². The van der Waals surface area contributed by atoms with E-state index in [9.17, 15) is 4.79 Å². The van der Waals surface area contributed by atoms with Gasteiger partial charge in [0.15, 0.2) is 0 Å². The van der Waals surface area contributed by atoms with E-state index in [4.69, 9.17) is 0 Å². The lowest BCUT2D eigenvalue weighted by Crippen LogP contribution is -2.01. The minimum Gasteiger partial charge on any atom is -0.465 e. The Morgan fingerprint density at radius 2 is 2.42 bits per heavy atom. The summed E-state index contributed by atoms with van der Waals surface area (Å²) >= 11 is 4.81. The highest BCUT2D eigenvalue weighted by Crippen LogP contribution is 2.29. The maximum absolute atomic E-state index is 11.2. The van der Waals surface area contributed by atoms with Gasteiger partial charge in [-0.25, -0.2) is 4.79 Å². The van der Waals surface area contributed by atoms with Crippen LogP contribution in [-0.2, 0) is 4.74 Å². The van der Waals surface area contributed by atoms with Gasteiger partial charge >= 0.3 is 5.97 Å². The Morgan fingerprint density at radius 1 is 1.75 bits per heavy atom. The first-order valence-corrected chi connectivity index (χ1v) is 5.26. The summed E-state index contributed by atoms with van der Waals surface area (Å²) in [5.41, 5.74) is 0.992. The van der Waals surface area contributed by atoms with E-state index in [2.05, 4.69) is 20.7 Å². The first kappa shape index (κ1) is 9.74. The highest BCUT2D eigenvalue weighted by molar-refractivity contribution is 9.09. The summed E-state index contributed by atoms with van der Waals surface area (Å²) in [6.07, 6.45) is 0. The first-order chi connectivity index (χ1) is 5.66. The predicted molar refractivity (Wildman–Crippen MR) is 53.0 cm³/mol. The first-order valence-electron chi connectivity index (χ1n) is 3.46. The third kappa shape index (κ3) is 1.87. The molecule has 0 bridgehead atoms. The summed E-state index contributed by atoms with van der Waals surface area (Å²) in [5.74, 6) is -0.258. The maximum atomic E-state index is 11.2. The molecule has 0 amide bonds. The molecule has 0 saturated heterocycles. The summed E-state index contributed by atoms with van der Waals surface area (Å²) in [4.78, 5) is 12.0. The van der Waals surface area contributed by atoms with Crippen molar-refractivity contribution >= 4 is 33.2 Å². The molecule has 0 spiro atoms. The van der Waals surface area contributed by atoms with Gasteiger partial charge in [0.05, 0.1) is 7.11 Å². The Kier molecular flexibility index (Phi) is 3.29. The molecule has 0 saturated carbocycles. The molecule has 0 aromatic carbocycles. The van der Waals surface area contributed by atoms with Gasteiger partial charge in [-0.1, -0.05) is 15.9 Å². The Morgan fingerprint density at radius 3 is 2.92 bits per heavy atom. The van der Waals surface area contributed by atoms with Crippen molar-refractivity contribution in [2.75, 3.05) is 7.11 Å². The van der Waals surface area contributed by atoms with Gasteiger partial charge in [0.2, 0.25) is 0 Å². The number of alkyl halides is 1. The highest BCUT2D eigenvalue weighted by atomic mass is 79.9. The number of hydrogen-bond acceptors (Lipinski definition) is 3. The minimum absolute atomic E-state index is 0.192. The monoisotopic (exact) mass is 248 g/mol. The molecule has 1 heterocycles. The third-order valence-corrected chi connectivity index (χ3v) is 2.90. The fourth-order valence-corrected chi connectivity index (χ4v) is 2.34. The summed E-state index contributed by atoms with van der Waals surface area (Å²) in [6.45, 7) is 1.98. The van der Waals surface area contributed by atoms with Crippen LogP contribution in [-0.4, -0.2) is 13.1 Å². The molecule has 1 atom stereocenters. The molecule has 12 heavy (non-hydrogen) atoms. The molecule has 0 aliphatic rings. The second-order valence-corrected chi connectivity index (χ2v) is 4.60. The highest BCUT2D eigenvalue weighted by Gasteiger charge is 2.15. The molecule has 0 aliphatic carbocycles. The van der Waals surface area contributed by atoms with Gasteiger partial charge in [0, 0.05) is 4.83 Å². The minimum atomic E-state index is -0.258. The Bertz CT molecular complexity index is 280. The zero-order valence-electron chi connectivity index (χ0n) is 6.83. The number of esters is 1. The van der Waals surface area contributed by atoms with Gasteiger partial charge in [0.25, 0.3) is 0 Å². The number of carbonyl (C=O) groups is 1. The molecule has 1 rings (SSSR count). The lowest BCUT2D eigenvalue weighted by molar-refractivity contribution is 0.0605. The van der Waals surface area contributed by atoms with Crippen LogP contribution in [0.3, 0.4) is 0 Å². The van der Waals surface area contributed by atoms with E-state index in [0.29, 0.717) is 4.88 Å². The molecule has 2 nitrogen and oxygen atoms in total. The molecule has 0 fully saturated rings. The van der Waals surface area contributed by atoms with E-state index in [1.807, 2.05) is 18.4 Å². The number of rotatable bonds is 2. The largest absolute Gasteiger partial charge is 0.465 e. The molecular weight excluding hydrogens is 240 g/mol. The van der Waals surface area contributed by atoms with Crippen molar-refractivity contribution in [2.45, 2.75) is 11.8 Å². The Hall–Kier alpha value is -0.350. The van der Waals surface area contributed by atoms with Crippen molar-refractivity contribution < 1.29 is 9.53 Å². The van der Waals surface area contributed by atoms with Gasteiger partial charge in [-0.2, -0.15) is 0 Å². The maximum Gasteiger partial charge on any atom is 0.348 e. The fraction of sp³-hybridized carbons (Fsp3) is 0.375. The van der Waals surface area contributed by atoms with Crippen molar-refractivity contribution in [2.24, 2.45) is 0 Å². The number of carbonyl (C=O) groups excluding carboxylic acids is 1. The molecule has 1 unspecified atom stereocenters.